The topological polar surface area (TPSA) is 0 Å². The SMILES string of the molecule is CCCC[N+](C)(C)CCCC.F[B-](F)(F)F. The number of hydrogen-bond donors (Lipinski definition) is 0. The van der Waals surface area contributed by atoms with Crippen LogP contribution in [0.3, 0.4) is 0 Å². The van der Waals surface area contributed by atoms with Crippen molar-refractivity contribution in [3.8, 4) is 0 Å². The van der Waals surface area contributed by atoms with Crippen LogP contribution in [0.25, 0.3) is 0 Å². The molecule has 100 valence electrons. The van der Waals surface area contributed by atoms with E-state index in [0.717, 1.165) is 0 Å². The Labute approximate surface area is 96.5 Å². The standard InChI is InChI=1S/C10H24N.BF4/c1-5-7-9-11(3,4)10-8-6-2;2-1(3,4)5/h5-10H2,1-4H3;/q+1;-1. The van der Waals surface area contributed by atoms with Crippen molar-refractivity contribution in [2.24, 2.45) is 0 Å². The van der Waals surface area contributed by atoms with E-state index < -0.39 is 7.25 Å². The Morgan fingerprint density at radius 2 is 1.06 bits per heavy atom. The highest BCUT2D eigenvalue weighted by Crippen LogP contribution is 2.06. The van der Waals surface area contributed by atoms with E-state index in [1.165, 1.54) is 43.3 Å². The van der Waals surface area contributed by atoms with Crippen LogP contribution in [0.4, 0.5) is 17.3 Å². The molecule has 0 unspecified atom stereocenters. The maximum absolute atomic E-state index is 9.75. The van der Waals surface area contributed by atoms with Crippen LogP contribution < -0.4 is 0 Å². The van der Waals surface area contributed by atoms with Gasteiger partial charge in [-0.3, -0.25) is 0 Å². The molecule has 0 amide bonds. The van der Waals surface area contributed by atoms with E-state index in [1.807, 2.05) is 0 Å². The summed E-state index contributed by atoms with van der Waals surface area (Å²) in [5.41, 5.74) is 0. The molecule has 0 rings (SSSR count). The third-order valence-corrected chi connectivity index (χ3v) is 2.23. The first kappa shape index (κ1) is 18.1. The largest absolute Gasteiger partial charge is 0.673 e. The molecule has 0 aliphatic heterocycles. The Morgan fingerprint density at radius 1 is 0.812 bits per heavy atom. The van der Waals surface area contributed by atoms with Gasteiger partial charge in [0.25, 0.3) is 0 Å². The molecule has 6 heteroatoms. The fourth-order valence-corrected chi connectivity index (χ4v) is 1.28. The molecule has 0 radical (unpaired) electrons. The lowest BCUT2D eigenvalue weighted by Gasteiger charge is -2.29. The Hall–Kier alpha value is -0.255. The average molecular weight is 245 g/mol. The van der Waals surface area contributed by atoms with Crippen LogP contribution in [-0.4, -0.2) is 38.9 Å². The van der Waals surface area contributed by atoms with E-state index >= 15 is 0 Å². The molecule has 16 heavy (non-hydrogen) atoms. The maximum Gasteiger partial charge on any atom is 0.673 e. The van der Waals surface area contributed by atoms with E-state index in [1.54, 1.807) is 0 Å². The smallest absolute Gasteiger partial charge is 0.418 e. The van der Waals surface area contributed by atoms with Gasteiger partial charge in [-0.25, -0.2) is 0 Å². The van der Waals surface area contributed by atoms with Gasteiger partial charge < -0.3 is 21.7 Å². The summed E-state index contributed by atoms with van der Waals surface area (Å²) in [6.07, 6.45) is 5.40. The van der Waals surface area contributed by atoms with Gasteiger partial charge in [0.2, 0.25) is 0 Å². The van der Waals surface area contributed by atoms with Gasteiger partial charge in [0.05, 0.1) is 27.2 Å². The summed E-state index contributed by atoms with van der Waals surface area (Å²) in [6.45, 7) is 7.21. The first-order valence-electron chi connectivity index (χ1n) is 5.81. The van der Waals surface area contributed by atoms with E-state index in [0.29, 0.717) is 0 Å². The molecule has 0 spiro atoms. The number of nitrogens with zero attached hydrogens (tertiary/aromatic N) is 1. The fourth-order valence-electron chi connectivity index (χ4n) is 1.28. The first-order chi connectivity index (χ1) is 7.12. The third-order valence-electron chi connectivity index (χ3n) is 2.23. The van der Waals surface area contributed by atoms with Crippen molar-refractivity contribution in [1.82, 2.24) is 0 Å². The summed E-state index contributed by atoms with van der Waals surface area (Å²) >= 11 is 0. The molecule has 0 aromatic heterocycles. The van der Waals surface area contributed by atoms with Gasteiger partial charge in [0.15, 0.2) is 0 Å². The molecule has 0 atom stereocenters. The minimum Gasteiger partial charge on any atom is -0.418 e. The lowest BCUT2D eigenvalue weighted by molar-refractivity contribution is -0.890. The van der Waals surface area contributed by atoms with Crippen molar-refractivity contribution in [3.05, 3.63) is 0 Å². The fraction of sp³-hybridized carbons (Fsp3) is 1.00. The maximum atomic E-state index is 9.75. The lowest BCUT2D eigenvalue weighted by atomic mass is 10.2. The van der Waals surface area contributed by atoms with E-state index in [4.69, 9.17) is 0 Å². The molecule has 0 aromatic rings. The molecular weight excluding hydrogens is 221 g/mol. The first-order valence-corrected chi connectivity index (χ1v) is 5.81. The van der Waals surface area contributed by atoms with Crippen LogP contribution in [0.1, 0.15) is 39.5 Å². The second-order valence-electron chi connectivity index (χ2n) is 4.58. The molecule has 1 nitrogen and oxygen atoms in total. The molecule has 0 aromatic carbocycles. The quantitative estimate of drug-likeness (QED) is 0.377. The van der Waals surface area contributed by atoms with Crippen molar-refractivity contribution < 1.29 is 21.7 Å². The normalized spacial score (nSPS) is 12.0. The van der Waals surface area contributed by atoms with Crippen molar-refractivity contribution in [2.75, 3.05) is 27.2 Å². The molecule has 0 aliphatic carbocycles. The molecule has 0 N–H and O–H groups in total. The van der Waals surface area contributed by atoms with Gasteiger partial charge in [-0.1, -0.05) is 26.7 Å². The second kappa shape index (κ2) is 8.85. The van der Waals surface area contributed by atoms with Crippen LogP contribution >= 0.6 is 0 Å². The minimum atomic E-state index is -6.00. The van der Waals surface area contributed by atoms with Gasteiger partial charge in [0.1, 0.15) is 0 Å². The summed E-state index contributed by atoms with van der Waals surface area (Å²) in [4.78, 5) is 0. The highest BCUT2D eigenvalue weighted by molar-refractivity contribution is 6.50. The zero-order chi connectivity index (χ0) is 13.2. The monoisotopic (exact) mass is 245 g/mol. The van der Waals surface area contributed by atoms with Gasteiger partial charge in [0, 0.05) is 0 Å². The van der Waals surface area contributed by atoms with Gasteiger partial charge >= 0.3 is 7.25 Å². The molecule has 0 aliphatic rings. The number of halogens is 4. The summed E-state index contributed by atoms with van der Waals surface area (Å²) in [5.74, 6) is 0. The van der Waals surface area contributed by atoms with E-state index in [-0.39, 0.29) is 0 Å². The Kier molecular flexibility index (Phi) is 10.0. The summed E-state index contributed by atoms with van der Waals surface area (Å²) in [6, 6.07) is 0. The Balaban J connectivity index is 0. The van der Waals surface area contributed by atoms with Crippen LogP contribution in [-0.2, 0) is 0 Å². The van der Waals surface area contributed by atoms with Gasteiger partial charge in [-0.2, -0.15) is 0 Å². The zero-order valence-electron chi connectivity index (χ0n) is 10.8. The van der Waals surface area contributed by atoms with Crippen LogP contribution in [0, 0.1) is 0 Å². The summed E-state index contributed by atoms with van der Waals surface area (Å²) < 4.78 is 40.2. The molecular formula is C10H24BF4N. The Morgan fingerprint density at radius 3 is 1.25 bits per heavy atom. The zero-order valence-corrected chi connectivity index (χ0v) is 10.8. The number of hydrogen-bond acceptors (Lipinski definition) is 0. The predicted octanol–water partition coefficient (Wildman–Crippen LogP) is 3.96. The molecule has 0 saturated heterocycles. The number of rotatable bonds is 6. The van der Waals surface area contributed by atoms with E-state index in [2.05, 4.69) is 27.9 Å². The summed E-state index contributed by atoms with van der Waals surface area (Å²) in [7, 11) is -1.32. The van der Waals surface area contributed by atoms with Crippen LogP contribution in [0.5, 0.6) is 0 Å². The molecule has 0 saturated carbocycles. The van der Waals surface area contributed by atoms with Crippen LogP contribution in [0.2, 0.25) is 0 Å². The van der Waals surface area contributed by atoms with Crippen molar-refractivity contribution in [3.63, 3.8) is 0 Å². The third kappa shape index (κ3) is 23.5. The van der Waals surface area contributed by atoms with Crippen molar-refractivity contribution in [1.29, 1.82) is 0 Å². The van der Waals surface area contributed by atoms with Crippen LogP contribution in [0.15, 0.2) is 0 Å². The molecule has 0 fully saturated rings. The van der Waals surface area contributed by atoms with Gasteiger partial charge in [-0.15, -0.1) is 0 Å². The number of unbranched alkanes of at least 4 members (excludes halogenated alkanes) is 2. The summed E-state index contributed by atoms with van der Waals surface area (Å²) in [5, 5.41) is 0. The van der Waals surface area contributed by atoms with Crippen molar-refractivity contribution >= 4 is 7.25 Å². The minimum absolute atomic E-state index is 1.21. The van der Waals surface area contributed by atoms with E-state index in [9.17, 15) is 17.3 Å². The predicted molar refractivity (Wildman–Crippen MR) is 61.8 cm³/mol. The Bertz CT molecular complexity index is 143. The highest BCUT2D eigenvalue weighted by Gasteiger charge is 2.20. The van der Waals surface area contributed by atoms with Crippen molar-refractivity contribution in [2.45, 2.75) is 39.5 Å². The molecule has 0 bridgehead atoms. The highest BCUT2D eigenvalue weighted by atomic mass is 19.5. The number of quaternary nitrogens is 1. The second-order valence-corrected chi connectivity index (χ2v) is 4.58. The lowest BCUT2D eigenvalue weighted by Crippen LogP contribution is -2.41. The molecule has 0 heterocycles. The average Bonchev–Trinajstić information content (AvgIpc) is 2.09. The van der Waals surface area contributed by atoms with Gasteiger partial charge in [-0.05, 0) is 12.8 Å².